The van der Waals surface area contributed by atoms with E-state index >= 15 is 0 Å². The highest BCUT2D eigenvalue weighted by Crippen LogP contribution is 2.23. The van der Waals surface area contributed by atoms with E-state index in [-0.39, 0.29) is 0 Å². The van der Waals surface area contributed by atoms with Crippen molar-refractivity contribution in [3.63, 3.8) is 0 Å². The normalized spacial score (nSPS) is 17.9. The fourth-order valence-electron chi connectivity index (χ4n) is 3.06. The number of anilines is 2. The molecule has 1 aliphatic heterocycles. The molecule has 0 amide bonds. The van der Waals surface area contributed by atoms with Crippen LogP contribution in [-0.2, 0) is 6.54 Å². The van der Waals surface area contributed by atoms with Crippen LogP contribution >= 0.6 is 15.9 Å². The summed E-state index contributed by atoms with van der Waals surface area (Å²) >= 11 is 3.64. The molecule has 1 unspecified atom stereocenters. The molecular weight excluding hydrogens is 366 g/mol. The average Bonchev–Trinajstić information content (AvgIpc) is 3.05. The van der Waals surface area contributed by atoms with E-state index in [1.807, 2.05) is 31.3 Å². The quantitative estimate of drug-likeness (QED) is 0.785. The van der Waals surface area contributed by atoms with Crippen molar-refractivity contribution in [1.82, 2.24) is 14.9 Å². The van der Waals surface area contributed by atoms with E-state index in [1.165, 1.54) is 10.0 Å². The Labute approximate surface area is 152 Å². The van der Waals surface area contributed by atoms with E-state index in [1.54, 1.807) is 0 Å². The molecule has 1 fully saturated rings. The van der Waals surface area contributed by atoms with E-state index in [9.17, 15) is 0 Å². The Morgan fingerprint density at radius 3 is 2.75 bits per heavy atom. The summed E-state index contributed by atoms with van der Waals surface area (Å²) in [5.41, 5.74) is 1.34. The van der Waals surface area contributed by atoms with E-state index in [4.69, 9.17) is 0 Å². The first-order valence-corrected chi connectivity index (χ1v) is 9.03. The number of likely N-dealkylation sites (tertiary alicyclic amines) is 1. The number of halogens is 1. The predicted octanol–water partition coefficient (Wildman–Crippen LogP) is 3.02. The van der Waals surface area contributed by atoms with Crippen molar-refractivity contribution < 1.29 is 0 Å². The standard InChI is InChI=1S/C18H24BrN5/c1-22(2)17-8-10-20-18(21-17)23(3)15-9-11-24(13-15)12-14-6-4-5-7-16(14)19/h4-8,10,15H,9,11-13H2,1-3H3. The Kier molecular flexibility index (Phi) is 5.36. The van der Waals surface area contributed by atoms with Gasteiger partial charge in [0.1, 0.15) is 5.82 Å². The fourth-order valence-corrected chi connectivity index (χ4v) is 3.47. The lowest BCUT2D eigenvalue weighted by Crippen LogP contribution is -2.35. The van der Waals surface area contributed by atoms with Crippen molar-refractivity contribution in [1.29, 1.82) is 0 Å². The molecule has 0 spiro atoms. The van der Waals surface area contributed by atoms with Crippen LogP contribution in [0.1, 0.15) is 12.0 Å². The molecule has 0 aliphatic carbocycles. The first-order chi connectivity index (χ1) is 11.5. The fraction of sp³-hybridized carbons (Fsp3) is 0.444. The monoisotopic (exact) mass is 389 g/mol. The van der Waals surface area contributed by atoms with Gasteiger partial charge in [-0.15, -0.1) is 0 Å². The minimum absolute atomic E-state index is 0.449. The first-order valence-electron chi connectivity index (χ1n) is 8.23. The molecule has 1 saturated heterocycles. The summed E-state index contributed by atoms with van der Waals surface area (Å²) in [6.07, 6.45) is 2.97. The molecule has 3 rings (SSSR count). The molecule has 1 aromatic carbocycles. The number of likely N-dealkylation sites (N-methyl/N-ethyl adjacent to an activating group) is 1. The molecule has 0 bridgehead atoms. The molecule has 1 aromatic heterocycles. The Morgan fingerprint density at radius 1 is 1.21 bits per heavy atom. The van der Waals surface area contributed by atoms with Crippen molar-refractivity contribution in [2.45, 2.75) is 19.0 Å². The number of rotatable bonds is 5. The zero-order chi connectivity index (χ0) is 17.1. The molecule has 5 nitrogen and oxygen atoms in total. The Bertz CT molecular complexity index is 691. The summed E-state index contributed by atoms with van der Waals surface area (Å²) in [7, 11) is 6.10. The van der Waals surface area contributed by atoms with Gasteiger partial charge in [0.25, 0.3) is 0 Å². The van der Waals surface area contributed by atoms with Gasteiger partial charge in [-0.25, -0.2) is 4.98 Å². The van der Waals surface area contributed by atoms with E-state index in [0.29, 0.717) is 6.04 Å². The van der Waals surface area contributed by atoms with Crippen LogP contribution in [0.2, 0.25) is 0 Å². The van der Waals surface area contributed by atoms with Gasteiger partial charge >= 0.3 is 0 Å². The zero-order valence-electron chi connectivity index (χ0n) is 14.5. The second-order valence-electron chi connectivity index (χ2n) is 6.49. The number of hydrogen-bond acceptors (Lipinski definition) is 5. The summed E-state index contributed by atoms with van der Waals surface area (Å²) in [6, 6.07) is 10.8. The number of nitrogens with zero attached hydrogens (tertiary/aromatic N) is 5. The highest BCUT2D eigenvalue weighted by molar-refractivity contribution is 9.10. The maximum Gasteiger partial charge on any atom is 0.227 e. The van der Waals surface area contributed by atoms with E-state index in [2.05, 4.69) is 67.0 Å². The molecule has 24 heavy (non-hydrogen) atoms. The van der Waals surface area contributed by atoms with Gasteiger partial charge in [0.05, 0.1) is 0 Å². The Hall–Kier alpha value is -1.66. The third kappa shape index (κ3) is 3.87. The van der Waals surface area contributed by atoms with Gasteiger partial charge in [0.15, 0.2) is 0 Å². The smallest absolute Gasteiger partial charge is 0.227 e. The van der Waals surface area contributed by atoms with E-state index in [0.717, 1.165) is 37.8 Å². The molecule has 0 saturated carbocycles. The molecule has 6 heteroatoms. The number of hydrogen-bond donors (Lipinski definition) is 0. The van der Waals surface area contributed by atoms with Crippen LogP contribution in [0.5, 0.6) is 0 Å². The second kappa shape index (κ2) is 7.49. The van der Waals surface area contributed by atoms with E-state index < -0.39 is 0 Å². The zero-order valence-corrected chi connectivity index (χ0v) is 16.1. The summed E-state index contributed by atoms with van der Waals surface area (Å²) < 4.78 is 1.18. The number of benzene rings is 1. The van der Waals surface area contributed by atoms with Crippen molar-refractivity contribution in [2.24, 2.45) is 0 Å². The minimum atomic E-state index is 0.449. The summed E-state index contributed by atoms with van der Waals surface area (Å²) in [5, 5.41) is 0. The summed E-state index contributed by atoms with van der Waals surface area (Å²) in [5.74, 6) is 1.74. The SMILES string of the molecule is CN(C)c1ccnc(N(C)C2CCN(Cc3ccccc3Br)C2)n1. The van der Waals surface area contributed by atoms with Gasteiger partial charge in [-0.05, 0) is 24.1 Å². The average molecular weight is 390 g/mol. The van der Waals surface area contributed by atoms with Gasteiger partial charge in [-0.3, -0.25) is 4.90 Å². The maximum atomic E-state index is 4.65. The van der Waals surface area contributed by atoms with Crippen LogP contribution < -0.4 is 9.80 Å². The van der Waals surface area contributed by atoms with Crippen LogP contribution in [0.3, 0.4) is 0 Å². The highest BCUT2D eigenvalue weighted by Gasteiger charge is 2.27. The molecule has 0 N–H and O–H groups in total. The molecule has 2 aromatic rings. The van der Waals surface area contributed by atoms with Crippen LogP contribution in [0.4, 0.5) is 11.8 Å². The third-order valence-electron chi connectivity index (χ3n) is 4.55. The maximum absolute atomic E-state index is 4.65. The van der Waals surface area contributed by atoms with Crippen molar-refractivity contribution in [3.05, 3.63) is 46.6 Å². The van der Waals surface area contributed by atoms with Gasteiger partial charge < -0.3 is 9.80 Å². The van der Waals surface area contributed by atoms with Crippen molar-refractivity contribution in [3.8, 4) is 0 Å². The van der Waals surface area contributed by atoms with Crippen molar-refractivity contribution in [2.75, 3.05) is 44.0 Å². The van der Waals surface area contributed by atoms with Gasteiger partial charge in [-0.2, -0.15) is 4.98 Å². The largest absolute Gasteiger partial charge is 0.363 e. The first kappa shape index (κ1) is 17.2. The predicted molar refractivity (Wildman–Crippen MR) is 103 cm³/mol. The number of aromatic nitrogens is 2. The van der Waals surface area contributed by atoms with Crippen LogP contribution in [0, 0.1) is 0 Å². The molecule has 0 radical (unpaired) electrons. The summed E-state index contributed by atoms with van der Waals surface area (Å²) in [6.45, 7) is 3.11. The molecule has 1 aliphatic rings. The van der Waals surface area contributed by atoms with Crippen LogP contribution in [0.15, 0.2) is 41.0 Å². The molecule has 1 atom stereocenters. The molecule has 2 heterocycles. The summed E-state index contributed by atoms with van der Waals surface area (Å²) in [4.78, 5) is 15.8. The van der Waals surface area contributed by atoms with Crippen LogP contribution in [-0.4, -0.2) is 55.1 Å². The van der Waals surface area contributed by atoms with Gasteiger partial charge in [0, 0.05) is 57.5 Å². The highest BCUT2D eigenvalue weighted by atomic mass is 79.9. The van der Waals surface area contributed by atoms with Gasteiger partial charge in [0.2, 0.25) is 5.95 Å². The molecule has 128 valence electrons. The minimum Gasteiger partial charge on any atom is -0.363 e. The van der Waals surface area contributed by atoms with Crippen molar-refractivity contribution >= 4 is 27.7 Å². The third-order valence-corrected chi connectivity index (χ3v) is 5.32. The lowest BCUT2D eigenvalue weighted by molar-refractivity contribution is 0.325. The van der Waals surface area contributed by atoms with Gasteiger partial charge in [-0.1, -0.05) is 34.1 Å². The topological polar surface area (TPSA) is 35.5 Å². The molecular formula is C18H24BrN5. The lowest BCUT2D eigenvalue weighted by Gasteiger charge is -2.26. The Balaban J connectivity index is 1.65. The lowest BCUT2D eigenvalue weighted by atomic mass is 10.2. The van der Waals surface area contributed by atoms with Crippen LogP contribution in [0.25, 0.3) is 0 Å². The second-order valence-corrected chi connectivity index (χ2v) is 7.34. The Morgan fingerprint density at radius 2 is 2.00 bits per heavy atom.